The number of pyridine rings is 1. The maximum absolute atomic E-state index is 14.2. The lowest BCUT2D eigenvalue weighted by Crippen LogP contribution is -2.17. The number of rotatable bonds is 5. The van der Waals surface area contributed by atoms with Crippen molar-refractivity contribution >= 4 is 28.1 Å². The van der Waals surface area contributed by atoms with E-state index in [1.54, 1.807) is 37.5 Å². The Labute approximate surface area is 178 Å². The summed E-state index contributed by atoms with van der Waals surface area (Å²) in [6.07, 6.45) is 4.29. The smallest absolute Gasteiger partial charge is 0.265 e. The Bertz CT molecular complexity index is 1340. The average molecular weight is 442 g/mol. The van der Waals surface area contributed by atoms with Crippen molar-refractivity contribution in [2.24, 2.45) is 7.05 Å². The number of hydrogen-bond donors (Lipinski definition) is 1. The van der Waals surface area contributed by atoms with Crippen molar-refractivity contribution in [3.8, 4) is 22.8 Å². The first-order chi connectivity index (χ1) is 14.8. The fourth-order valence-electron chi connectivity index (χ4n) is 3.10. The molecule has 0 amide bonds. The highest BCUT2D eigenvalue weighted by atomic mass is 32.2. The maximum Gasteiger partial charge on any atom is 0.265 e. The van der Waals surface area contributed by atoms with E-state index in [0.717, 1.165) is 12.1 Å². The van der Waals surface area contributed by atoms with Crippen LogP contribution in [0, 0.1) is 11.6 Å². The van der Waals surface area contributed by atoms with E-state index < -0.39 is 23.0 Å². The molecule has 0 spiro atoms. The number of aromatic nitrogens is 3. The Morgan fingerprint density at radius 1 is 1.13 bits per heavy atom. The van der Waals surface area contributed by atoms with Gasteiger partial charge in [-0.25, -0.2) is 18.7 Å². The molecule has 0 radical (unpaired) electrons. The second-order valence-corrected chi connectivity index (χ2v) is 7.76. The molecule has 31 heavy (non-hydrogen) atoms. The molecule has 1 unspecified atom stereocenters. The van der Waals surface area contributed by atoms with Crippen LogP contribution in [0.2, 0.25) is 0 Å². The number of nitrogens with one attached hydrogen (secondary N) is 1. The zero-order chi connectivity index (χ0) is 22.1. The standard InChI is InChI=1S/C21H16F2N4O3S/c1-27-11-15(13-5-3-4-6-14(13)20(27)28)19-18(10-24-21(25-19)26-31(2)29)30-17-8-7-12(22)9-16(17)23/h3-11H,1-2H3,(H,24,25,26). The Morgan fingerprint density at radius 2 is 1.87 bits per heavy atom. The van der Waals surface area contributed by atoms with Crippen molar-refractivity contribution in [3.63, 3.8) is 0 Å². The van der Waals surface area contributed by atoms with Crippen LogP contribution in [0.4, 0.5) is 14.7 Å². The lowest BCUT2D eigenvalue weighted by atomic mass is 10.0. The Balaban J connectivity index is 1.94. The molecule has 1 N–H and O–H groups in total. The Hall–Kier alpha value is -3.50. The molecule has 0 fully saturated rings. The van der Waals surface area contributed by atoms with E-state index in [2.05, 4.69) is 14.7 Å². The lowest BCUT2D eigenvalue weighted by Gasteiger charge is -2.15. The highest BCUT2D eigenvalue weighted by Gasteiger charge is 2.19. The van der Waals surface area contributed by atoms with Crippen LogP contribution in [0.1, 0.15) is 0 Å². The second kappa shape index (κ2) is 8.32. The van der Waals surface area contributed by atoms with E-state index in [0.29, 0.717) is 22.4 Å². The summed E-state index contributed by atoms with van der Waals surface area (Å²) >= 11 is -1.44. The number of anilines is 1. The minimum absolute atomic E-state index is 0.0562. The molecule has 4 aromatic rings. The summed E-state index contributed by atoms with van der Waals surface area (Å²) in [6.45, 7) is 0. The second-order valence-electron chi connectivity index (χ2n) is 6.64. The molecule has 4 rings (SSSR count). The van der Waals surface area contributed by atoms with Crippen molar-refractivity contribution in [1.82, 2.24) is 14.5 Å². The van der Waals surface area contributed by atoms with E-state index in [-0.39, 0.29) is 28.7 Å². The number of fused-ring (bicyclic) bond motifs is 1. The van der Waals surface area contributed by atoms with E-state index in [4.69, 9.17) is 4.74 Å². The summed E-state index contributed by atoms with van der Waals surface area (Å²) in [6, 6.07) is 9.87. The van der Waals surface area contributed by atoms with Gasteiger partial charge in [0.2, 0.25) is 0 Å². The molecule has 2 heterocycles. The van der Waals surface area contributed by atoms with Crippen LogP contribution in [-0.2, 0) is 18.4 Å². The zero-order valence-electron chi connectivity index (χ0n) is 16.4. The van der Waals surface area contributed by atoms with Gasteiger partial charge in [-0.3, -0.25) is 4.79 Å². The Morgan fingerprint density at radius 3 is 2.58 bits per heavy atom. The van der Waals surface area contributed by atoms with Crippen LogP contribution in [-0.4, -0.2) is 25.3 Å². The molecular weight excluding hydrogens is 426 g/mol. The fourth-order valence-corrected chi connectivity index (χ4v) is 3.45. The van der Waals surface area contributed by atoms with Crippen molar-refractivity contribution in [1.29, 1.82) is 0 Å². The van der Waals surface area contributed by atoms with Gasteiger partial charge in [-0.1, -0.05) is 18.2 Å². The van der Waals surface area contributed by atoms with Crippen LogP contribution in [0.25, 0.3) is 22.0 Å². The van der Waals surface area contributed by atoms with Gasteiger partial charge >= 0.3 is 0 Å². The molecule has 1 atom stereocenters. The van der Waals surface area contributed by atoms with E-state index in [1.807, 2.05) is 0 Å². The third kappa shape index (κ3) is 4.21. The summed E-state index contributed by atoms with van der Waals surface area (Å²) in [4.78, 5) is 21.0. The van der Waals surface area contributed by atoms with Crippen LogP contribution >= 0.6 is 0 Å². The van der Waals surface area contributed by atoms with Crippen LogP contribution in [0.3, 0.4) is 0 Å². The molecule has 2 aromatic heterocycles. The van der Waals surface area contributed by atoms with Crippen LogP contribution < -0.4 is 15.0 Å². The predicted octanol–water partition coefficient (Wildman–Crippen LogP) is 3.77. The highest BCUT2D eigenvalue weighted by molar-refractivity contribution is 7.91. The minimum Gasteiger partial charge on any atom is -0.593 e. The third-order valence-electron chi connectivity index (χ3n) is 4.45. The van der Waals surface area contributed by atoms with Crippen LogP contribution in [0.15, 0.2) is 59.7 Å². The van der Waals surface area contributed by atoms with E-state index in [9.17, 15) is 18.1 Å². The number of nitrogens with zero attached hydrogens (tertiary/aromatic N) is 3. The van der Waals surface area contributed by atoms with Crippen LogP contribution in [0.5, 0.6) is 11.5 Å². The van der Waals surface area contributed by atoms with E-state index >= 15 is 0 Å². The molecule has 0 saturated carbocycles. The summed E-state index contributed by atoms with van der Waals surface area (Å²) in [5.74, 6) is -1.73. The molecule has 0 aliphatic rings. The molecule has 0 aliphatic carbocycles. The van der Waals surface area contributed by atoms with Gasteiger partial charge in [0.05, 0.1) is 17.6 Å². The molecule has 0 bridgehead atoms. The quantitative estimate of drug-likeness (QED) is 0.473. The number of aryl methyl sites for hydroxylation is 1. The normalized spacial score (nSPS) is 12.0. The van der Waals surface area contributed by atoms with Gasteiger partial charge in [0.1, 0.15) is 17.8 Å². The number of ether oxygens (including phenoxy) is 1. The minimum atomic E-state index is -1.44. The zero-order valence-corrected chi connectivity index (χ0v) is 17.2. The number of halogens is 2. The number of benzene rings is 2. The molecular formula is C21H16F2N4O3S. The predicted molar refractivity (Wildman–Crippen MR) is 114 cm³/mol. The molecule has 7 nitrogen and oxygen atoms in total. The SMILES string of the molecule is Cn1cc(-c2nc(N[S+](C)[O-])ncc2Oc2ccc(F)cc2F)c2ccccc2c1=O. The monoisotopic (exact) mass is 442 g/mol. The van der Waals surface area contributed by atoms with Crippen molar-refractivity contribution in [2.75, 3.05) is 11.0 Å². The third-order valence-corrected chi connectivity index (χ3v) is 4.92. The van der Waals surface area contributed by atoms with Gasteiger partial charge in [0, 0.05) is 30.3 Å². The van der Waals surface area contributed by atoms with Crippen molar-refractivity contribution < 1.29 is 18.1 Å². The van der Waals surface area contributed by atoms with Gasteiger partial charge in [0.25, 0.3) is 11.5 Å². The van der Waals surface area contributed by atoms with Gasteiger partial charge in [-0.2, -0.15) is 4.72 Å². The molecule has 0 aliphatic heterocycles. The maximum atomic E-state index is 14.2. The molecule has 2 aromatic carbocycles. The number of hydrogen-bond acceptors (Lipinski definition) is 6. The Kier molecular flexibility index (Phi) is 5.57. The van der Waals surface area contributed by atoms with E-state index in [1.165, 1.54) is 17.0 Å². The highest BCUT2D eigenvalue weighted by Crippen LogP contribution is 2.36. The first-order valence-corrected chi connectivity index (χ1v) is 10.6. The first-order valence-electron chi connectivity index (χ1n) is 9.02. The van der Waals surface area contributed by atoms with Gasteiger partial charge in [-0.15, -0.1) is 0 Å². The first kappa shape index (κ1) is 20.8. The molecule has 0 saturated heterocycles. The summed E-state index contributed by atoms with van der Waals surface area (Å²) in [5, 5.41) is 1.05. The van der Waals surface area contributed by atoms with Gasteiger partial charge in [-0.05, 0) is 23.6 Å². The summed E-state index contributed by atoms with van der Waals surface area (Å²) < 4.78 is 48.7. The topological polar surface area (TPSA) is 92.1 Å². The lowest BCUT2D eigenvalue weighted by molar-refractivity contribution is 0.436. The largest absolute Gasteiger partial charge is 0.593 e. The van der Waals surface area contributed by atoms with Crippen molar-refractivity contribution in [3.05, 3.63) is 76.8 Å². The summed E-state index contributed by atoms with van der Waals surface area (Å²) in [5.41, 5.74) is 0.550. The summed E-state index contributed by atoms with van der Waals surface area (Å²) in [7, 11) is 1.60. The van der Waals surface area contributed by atoms with Crippen molar-refractivity contribution in [2.45, 2.75) is 0 Å². The fraction of sp³-hybridized carbons (Fsp3) is 0.0952. The molecule has 10 heteroatoms. The average Bonchev–Trinajstić information content (AvgIpc) is 2.73. The van der Waals surface area contributed by atoms with Gasteiger partial charge in [0.15, 0.2) is 17.3 Å². The molecule has 158 valence electrons. The van der Waals surface area contributed by atoms with Gasteiger partial charge < -0.3 is 13.9 Å².